The summed E-state index contributed by atoms with van der Waals surface area (Å²) in [6.07, 6.45) is 7.95. The van der Waals surface area contributed by atoms with Gasteiger partial charge >= 0.3 is 0 Å². The van der Waals surface area contributed by atoms with Gasteiger partial charge in [-0.05, 0) is 36.8 Å². The highest BCUT2D eigenvalue weighted by atomic mass is 32.1. The summed E-state index contributed by atoms with van der Waals surface area (Å²) in [6.45, 7) is 5.80. The quantitative estimate of drug-likeness (QED) is 0.761. The van der Waals surface area contributed by atoms with Crippen LogP contribution in [-0.4, -0.2) is 6.54 Å². The maximum atomic E-state index is 3.72. The van der Waals surface area contributed by atoms with Crippen LogP contribution >= 0.6 is 11.3 Å². The Morgan fingerprint density at radius 1 is 1.38 bits per heavy atom. The van der Waals surface area contributed by atoms with Gasteiger partial charge in [-0.1, -0.05) is 32.6 Å². The third kappa shape index (κ3) is 2.49. The van der Waals surface area contributed by atoms with Crippen LogP contribution in [-0.2, 0) is 12.0 Å². The molecule has 16 heavy (non-hydrogen) atoms. The maximum Gasteiger partial charge on any atom is 0.0417 e. The molecule has 0 bridgehead atoms. The van der Waals surface area contributed by atoms with Gasteiger partial charge in [0, 0.05) is 17.0 Å². The number of rotatable bonds is 5. The molecule has 1 aliphatic rings. The van der Waals surface area contributed by atoms with E-state index in [1.54, 1.807) is 10.4 Å². The van der Waals surface area contributed by atoms with Gasteiger partial charge in [0.05, 0.1) is 0 Å². The lowest BCUT2D eigenvalue weighted by atomic mass is 9.84. The monoisotopic (exact) mass is 237 g/mol. The van der Waals surface area contributed by atoms with Gasteiger partial charge in [-0.2, -0.15) is 0 Å². The van der Waals surface area contributed by atoms with Gasteiger partial charge in [0.25, 0.3) is 0 Å². The van der Waals surface area contributed by atoms with Crippen molar-refractivity contribution in [3.8, 4) is 0 Å². The molecule has 0 fully saturated rings. The average molecular weight is 237 g/mol. The number of unbranched alkanes of at least 4 members (excludes halogenated alkanes) is 3. The third-order valence-corrected chi connectivity index (χ3v) is 4.72. The molecular formula is C14H23NS. The van der Waals surface area contributed by atoms with Crippen LogP contribution in [0.3, 0.4) is 0 Å². The Bertz CT molecular complexity index is 331. The first-order valence-corrected chi connectivity index (χ1v) is 7.46. The molecule has 0 aromatic carbocycles. The molecule has 1 aromatic rings. The van der Waals surface area contributed by atoms with Crippen molar-refractivity contribution in [3.05, 3.63) is 21.9 Å². The van der Waals surface area contributed by atoms with E-state index in [1.807, 2.05) is 11.3 Å². The molecule has 1 unspecified atom stereocenters. The van der Waals surface area contributed by atoms with Gasteiger partial charge in [-0.15, -0.1) is 11.3 Å². The normalized spacial score (nSPS) is 24.4. The van der Waals surface area contributed by atoms with E-state index in [0.717, 1.165) is 6.54 Å². The Hall–Kier alpha value is -0.340. The van der Waals surface area contributed by atoms with Crippen molar-refractivity contribution in [2.24, 2.45) is 0 Å². The van der Waals surface area contributed by atoms with E-state index in [2.05, 4.69) is 30.6 Å². The molecule has 1 N–H and O–H groups in total. The molecule has 2 rings (SSSR count). The van der Waals surface area contributed by atoms with Crippen LogP contribution in [0.5, 0.6) is 0 Å². The second-order valence-electron chi connectivity index (χ2n) is 5.08. The van der Waals surface area contributed by atoms with Gasteiger partial charge in [-0.3, -0.25) is 0 Å². The summed E-state index contributed by atoms with van der Waals surface area (Å²) < 4.78 is 0. The standard InChI is InChI=1S/C14H23NS/c1-3-4-5-6-9-14(2)12-8-11-16-13(12)7-10-15-14/h8,11,15H,3-7,9-10H2,1-2H3. The van der Waals surface area contributed by atoms with Crippen molar-refractivity contribution in [3.63, 3.8) is 0 Å². The molecule has 2 heterocycles. The molecule has 0 radical (unpaired) electrons. The Morgan fingerprint density at radius 3 is 3.06 bits per heavy atom. The molecule has 1 aromatic heterocycles. The second kappa shape index (κ2) is 5.33. The van der Waals surface area contributed by atoms with Crippen molar-refractivity contribution in [2.45, 2.75) is 57.9 Å². The topological polar surface area (TPSA) is 12.0 Å². The molecule has 0 aliphatic carbocycles. The minimum Gasteiger partial charge on any atom is -0.307 e. The zero-order chi connectivity index (χ0) is 11.4. The van der Waals surface area contributed by atoms with Crippen molar-refractivity contribution in [2.75, 3.05) is 6.54 Å². The zero-order valence-corrected chi connectivity index (χ0v) is 11.3. The summed E-state index contributed by atoms with van der Waals surface area (Å²) in [7, 11) is 0. The fraction of sp³-hybridized carbons (Fsp3) is 0.714. The third-order valence-electron chi connectivity index (χ3n) is 3.74. The van der Waals surface area contributed by atoms with E-state index in [-0.39, 0.29) is 5.54 Å². The Kier molecular flexibility index (Phi) is 4.04. The van der Waals surface area contributed by atoms with Gasteiger partial charge in [0.15, 0.2) is 0 Å². The van der Waals surface area contributed by atoms with Gasteiger partial charge in [0.1, 0.15) is 0 Å². The average Bonchev–Trinajstić information content (AvgIpc) is 2.75. The van der Waals surface area contributed by atoms with E-state index in [4.69, 9.17) is 0 Å². The molecular weight excluding hydrogens is 214 g/mol. The second-order valence-corrected chi connectivity index (χ2v) is 6.08. The summed E-state index contributed by atoms with van der Waals surface area (Å²) in [5, 5.41) is 5.97. The number of hydrogen-bond donors (Lipinski definition) is 1. The van der Waals surface area contributed by atoms with Crippen LogP contribution < -0.4 is 5.32 Å². The van der Waals surface area contributed by atoms with Crippen LogP contribution in [0.15, 0.2) is 11.4 Å². The Labute approximate surface area is 103 Å². The van der Waals surface area contributed by atoms with Crippen LogP contribution in [0.25, 0.3) is 0 Å². The number of thiophene rings is 1. The molecule has 0 amide bonds. The summed E-state index contributed by atoms with van der Waals surface area (Å²) in [5.74, 6) is 0. The SMILES string of the molecule is CCCCCCC1(C)NCCc2sccc21. The van der Waals surface area contributed by atoms with E-state index in [0.29, 0.717) is 0 Å². The highest BCUT2D eigenvalue weighted by molar-refractivity contribution is 7.10. The van der Waals surface area contributed by atoms with Gasteiger partial charge < -0.3 is 5.32 Å². The van der Waals surface area contributed by atoms with E-state index in [1.165, 1.54) is 38.5 Å². The lowest BCUT2D eigenvalue weighted by Gasteiger charge is -2.35. The fourth-order valence-electron chi connectivity index (χ4n) is 2.70. The molecule has 1 atom stereocenters. The molecule has 1 aliphatic heterocycles. The van der Waals surface area contributed by atoms with Crippen LogP contribution in [0.2, 0.25) is 0 Å². The molecule has 0 saturated heterocycles. The zero-order valence-electron chi connectivity index (χ0n) is 10.5. The van der Waals surface area contributed by atoms with Crippen molar-refractivity contribution in [1.29, 1.82) is 0 Å². The van der Waals surface area contributed by atoms with Gasteiger partial charge in [0.2, 0.25) is 0 Å². The number of nitrogens with one attached hydrogen (secondary N) is 1. The predicted molar refractivity (Wildman–Crippen MR) is 72.1 cm³/mol. The molecule has 1 nitrogen and oxygen atoms in total. The Morgan fingerprint density at radius 2 is 2.25 bits per heavy atom. The highest BCUT2D eigenvalue weighted by Crippen LogP contribution is 2.35. The van der Waals surface area contributed by atoms with E-state index < -0.39 is 0 Å². The molecule has 2 heteroatoms. The first-order valence-electron chi connectivity index (χ1n) is 6.58. The first kappa shape index (κ1) is 12.1. The Balaban J connectivity index is 1.98. The van der Waals surface area contributed by atoms with Crippen molar-refractivity contribution in [1.82, 2.24) is 5.32 Å². The lowest BCUT2D eigenvalue weighted by molar-refractivity contribution is 0.313. The molecule has 0 spiro atoms. The molecule has 0 saturated carbocycles. The summed E-state index contributed by atoms with van der Waals surface area (Å²) in [5.41, 5.74) is 1.82. The van der Waals surface area contributed by atoms with Gasteiger partial charge in [-0.25, -0.2) is 0 Å². The summed E-state index contributed by atoms with van der Waals surface area (Å²) >= 11 is 1.93. The molecule has 90 valence electrons. The number of hydrogen-bond acceptors (Lipinski definition) is 2. The fourth-order valence-corrected chi connectivity index (χ4v) is 3.71. The van der Waals surface area contributed by atoms with E-state index in [9.17, 15) is 0 Å². The minimum absolute atomic E-state index is 0.251. The lowest BCUT2D eigenvalue weighted by Crippen LogP contribution is -2.44. The van der Waals surface area contributed by atoms with Crippen molar-refractivity contribution < 1.29 is 0 Å². The largest absolute Gasteiger partial charge is 0.307 e. The summed E-state index contributed by atoms with van der Waals surface area (Å²) in [6, 6.07) is 2.33. The summed E-state index contributed by atoms with van der Waals surface area (Å²) in [4.78, 5) is 1.61. The van der Waals surface area contributed by atoms with Crippen LogP contribution in [0, 0.1) is 0 Å². The number of fused-ring (bicyclic) bond motifs is 1. The van der Waals surface area contributed by atoms with Crippen LogP contribution in [0.1, 0.15) is 56.4 Å². The van der Waals surface area contributed by atoms with E-state index >= 15 is 0 Å². The smallest absolute Gasteiger partial charge is 0.0417 e. The van der Waals surface area contributed by atoms with Crippen molar-refractivity contribution >= 4 is 11.3 Å². The highest BCUT2D eigenvalue weighted by Gasteiger charge is 2.31. The van der Waals surface area contributed by atoms with Crippen LogP contribution in [0.4, 0.5) is 0 Å². The maximum absolute atomic E-state index is 3.72. The minimum atomic E-state index is 0.251. The predicted octanol–water partition coefficient (Wildman–Crippen LogP) is 4.08. The first-order chi connectivity index (χ1) is 7.76.